The van der Waals surface area contributed by atoms with Gasteiger partial charge in [0.05, 0.1) is 18.1 Å². The Morgan fingerprint density at radius 3 is 2.67 bits per heavy atom. The SMILES string of the molecule is CCC(C)C(C)n1c(CCCl)nc2cc(F)c(OC)cc21. The van der Waals surface area contributed by atoms with E-state index in [1.807, 2.05) is 0 Å². The number of halogens is 2. The van der Waals surface area contributed by atoms with Crippen LogP contribution in [0.15, 0.2) is 12.1 Å². The van der Waals surface area contributed by atoms with Crippen LogP contribution in [0.4, 0.5) is 4.39 Å². The van der Waals surface area contributed by atoms with E-state index in [1.54, 1.807) is 6.07 Å². The number of nitrogens with zero attached hydrogens (tertiary/aromatic N) is 2. The van der Waals surface area contributed by atoms with Crippen molar-refractivity contribution in [2.75, 3.05) is 13.0 Å². The molecule has 0 saturated carbocycles. The largest absolute Gasteiger partial charge is 0.494 e. The van der Waals surface area contributed by atoms with Gasteiger partial charge in [-0.2, -0.15) is 0 Å². The third-order valence-electron chi connectivity index (χ3n) is 4.23. The van der Waals surface area contributed by atoms with E-state index in [0.717, 1.165) is 17.8 Å². The Hall–Kier alpha value is -1.29. The van der Waals surface area contributed by atoms with Gasteiger partial charge in [0.2, 0.25) is 0 Å². The van der Waals surface area contributed by atoms with E-state index in [-0.39, 0.29) is 17.6 Å². The van der Waals surface area contributed by atoms with Gasteiger partial charge in [-0.3, -0.25) is 0 Å². The van der Waals surface area contributed by atoms with Crippen LogP contribution < -0.4 is 4.74 Å². The fraction of sp³-hybridized carbons (Fsp3) is 0.562. The van der Waals surface area contributed by atoms with Crippen molar-refractivity contribution in [2.45, 2.75) is 39.7 Å². The van der Waals surface area contributed by atoms with Crippen molar-refractivity contribution in [2.24, 2.45) is 5.92 Å². The maximum absolute atomic E-state index is 13.9. The number of aromatic nitrogens is 2. The summed E-state index contributed by atoms with van der Waals surface area (Å²) in [5, 5.41) is 0. The molecule has 0 aliphatic rings. The molecule has 0 radical (unpaired) electrons. The van der Waals surface area contributed by atoms with E-state index in [4.69, 9.17) is 16.3 Å². The number of ether oxygens (including phenoxy) is 1. The lowest BCUT2D eigenvalue weighted by Gasteiger charge is -2.23. The summed E-state index contributed by atoms with van der Waals surface area (Å²) in [6, 6.07) is 3.44. The lowest BCUT2D eigenvalue weighted by Crippen LogP contribution is -2.16. The van der Waals surface area contributed by atoms with Crippen molar-refractivity contribution in [1.29, 1.82) is 0 Å². The number of methoxy groups -OCH3 is 1. The number of hydrogen-bond acceptors (Lipinski definition) is 2. The second kappa shape index (κ2) is 6.65. The van der Waals surface area contributed by atoms with Gasteiger partial charge in [0, 0.05) is 30.5 Å². The van der Waals surface area contributed by atoms with Gasteiger partial charge >= 0.3 is 0 Å². The molecular weight excluding hydrogens is 291 g/mol. The van der Waals surface area contributed by atoms with E-state index in [1.165, 1.54) is 13.2 Å². The molecule has 1 heterocycles. The summed E-state index contributed by atoms with van der Waals surface area (Å²) in [6.45, 7) is 6.55. The Morgan fingerprint density at radius 2 is 2.10 bits per heavy atom. The van der Waals surface area contributed by atoms with Gasteiger partial charge < -0.3 is 9.30 Å². The third kappa shape index (κ3) is 3.00. The minimum atomic E-state index is -0.386. The van der Waals surface area contributed by atoms with Crippen LogP contribution in [0.3, 0.4) is 0 Å². The van der Waals surface area contributed by atoms with Crippen molar-refractivity contribution in [1.82, 2.24) is 9.55 Å². The van der Waals surface area contributed by atoms with Gasteiger partial charge in [-0.15, -0.1) is 11.6 Å². The third-order valence-corrected chi connectivity index (χ3v) is 4.42. The molecule has 0 bridgehead atoms. The van der Waals surface area contributed by atoms with Crippen LogP contribution in [0.5, 0.6) is 5.75 Å². The average molecular weight is 313 g/mol. The van der Waals surface area contributed by atoms with Crippen molar-refractivity contribution < 1.29 is 9.13 Å². The van der Waals surface area contributed by atoms with Crippen molar-refractivity contribution in [3.63, 3.8) is 0 Å². The van der Waals surface area contributed by atoms with Crippen LogP contribution in [0.2, 0.25) is 0 Å². The van der Waals surface area contributed by atoms with Crippen molar-refractivity contribution in [3.05, 3.63) is 23.8 Å². The van der Waals surface area contributed by atoms with E-state index >= 15 is 0 Å². The Morgan fingerprint density at radius 1 is 1.38 bits per heavy atom. The molecule has 2 unspecified atom stereocenters. The summed E-state index contributed by atoms with van der Waals surface area (Å²) in [5.74, 6) is 1.75. The number of fused-ring (bicyclic) bond motifs is 1. The van der Waals surface area contributed by atoms with Crippen molar-refractivity contribution in [3.8, 4) is 5.75 Å². The molecule has 2 atom stereocenters. The second-order valence-electron chi connectivity index (χ2n) is 5.44. The smallest absolute Gasteiger partial charge is 0.167 e. The van der Waals surface area contributed by atoms with E-state index < -0.39 is 0 Å². The number of aryl methyl sites for hydroxylation is 1. The molecule has 2 aromatic rings. The molecule has 0 amide bonds. The first-order valence-corrected chi connectivity index (χ1v) is 7.87. The molecule has 21 heavy (non-hydrogen) atoms. The minimum absolute atomic E-state index is 0.248. The number of imidazole rings is 1. The number of alkyl halides is 1. The molecule has 0 N–H and O–H groups in total. The molecule has 1 aromatic carbocycles. The highest BCUT2D eigenvalue weighted by Gasteiger charge is 2.21. The van der Waals surface area contributed by atoms with Gasteiger partial charge in [0.15, 0.2) is 11.6 Å². The van der Waals surface area contributed by atoms with Gasteiger partial charge in [0.1, 0.15) is 5.82 Å². The lowest BCUT2D eigenvalue weighted by molar-refractivity contribution is 0.368. The monoisotopic (exact) mass is 312 g/mol. The first-order chi connectivity index (χ1) is 10.0. The summed E-state index contributed by atoms with van der Waals surface area (Å²) < 4.78 is 21.1. The molecule has 116 valence electrons. The summed E-state index contributed by atoms with van der Waals surface area (Å²) in [4.78, 5) is 4.56. The van der Waals surface area contributed by atoms with Crippen LogP contribution in [0.25, 0.3) is 11.0 Å². The van der Waals surface area contributed by atoms with Gasteiger partial charge in [-0.1, -0.05) is 20.3 Å². The Labute approximate surface area is 130 Å². The Kier molecular flexibility index (Phi) is 5.09. The summed E-state index contributed by atoms with van der Waals surface area (Å²) in [5.41, 5.74) is 1.56. The standard InChI is InChI=1S/C16H22ClFN2O/c1-5-10(2)11(3)20-14-9-15(21-4)12(18)8-13(14)19-16(20)6-7-17/h8-11H,5-7H2,1-4H3. The summed E-state index contributed by atoms with van der Waals surface area (Å²) >= 11 is 5.89. The number of rotatable bonds is 6. The molecular formula is C16H22ClFN2O. The van der Waals surface area contributed by atoms with Crippen LogP contribution in [0.1, 0.15) is 39.1 Å². The molecule has 3 nitrogen and oxygen atoms in total. The molecule has 5 heteroatoms. The first kappa shape index (κ1) is 16.1. The zero-order valence-corrected chi connectivity index (χ0v) is 13.7. The number of benzene rings is 1. The zero-order chi connectivity index (χ0) is 15.6. The Bertz CT molecular complexity index is 626. The highest BCUT2D eigenvalue weighted by Crippen LogP contribution is 2.31. The van der Waals surface area contributed by atoms with Crippen LogP contribution in [-0.4, -0.2) is 22.5 Å². The predicted octanol–water partition coefficient (Wildman–Crippen LogP) is 4.57. The van der Waals surface area contributed by atoms with Gasteiger partial charge in [-0.05, 0) is 12.8 Å². The number of hydrogen-bond donors (Lipinski definition) is 0. The molecule has 0 saturated heterocycles. The first-order valence-electron chi connectivity index (χ1n) is 7.33. The topological polar surface area (TPSA) is 27.1 Å². The van der Waals surface area contributed by atoms with E-state index in [9.17, 15) is 4.39 Å². The fourth-order valence-corrected chi connectivity index (χ4v) is 2.78. The summed E-state index contributed by atoms with van der Waals surface area (Å²) in [6.07, 6.45) is 1.74. The highest BCUT2D eigenvalue weighted by molar-refractivity contribution is 6.17. The normalized spacial score (nSPS) is 14.4. The average Bonchev–Trinajstić information content (AvgIpc) is 2.81. The van der Waals surface area contributed by atoms with Gasteiger partial charge in [0.25, 0.3) is 0 Å². The molecule has 0 aliphatic heterocycles. The minimum Gasteiger partial charge on any atom is -0.494 e. The molecule has 2 rings (SSSR count). The summed E-state index contributed by atoms with van der Waals surface area (Å²) in [7, 11) is 1.47. The van der Waals surface area contributed by atoms with E-state index in [2.05, 4.69) is 30.3 Å². The van der Waals surface area contributed by atoms with E-state index in [0.29, 0.717) is 23.7 Å². The maximum atomic E-state index is 13.9. The highest BCUT2D eigenvalue weighted by atomic mass is 35.5. The molecule has 0 aliphatic carbocycles. The van der Waals surface area contributed by atoms with Crippen LogP contribution in [-0.2, 0) is 6.42 Å². The quantitative estimate of drug-likeness (QED) is 0.730. The van der Waals surface area contributed by atoms with Crippen LogP contribution >= 0.6 is 11.6 Å². The lowest BCUT2D eigenvalue weighted by atomic mass is 10.0. The second-order valence-corrected chi connectivity index (χ2v) is 5.82. The van der Waals surface area contributed by atoms with Gasteiger partial charge in [-0.25, -0.2) is 9.37 Å². The van der Waals surface area contributed by atoms with Crippen LogP contribution in [0, 0.1) is 11.7 Å². The molecule has 0 fully saturated rings. The Balaban J connectivity index is 2.65. The molecule has 1 aromatic heterocycles. The maximum Gasteiger partial charge on any atom is 0.167 e. The fourth-order valence-electron chi connectivity index (χ4n) is 2.61. The predicted molar refractivity (Wildman–Crippen MR) is 84.8 cm³/mol. The van der Waals surface area contributed by atoms with Crippen molar-refractivity contribution >= 4 is 22.6 Å². The molecule has 0 spiro atoms. The zero-order valence-electron chi connectivity index (χ0n) is 13.0.